The number of rotatable bonds is 1. The van der Waals surface area contributed by atoms with Crippen LogP contribution < -0.4 is 5.69 Å². The quantitative estimate of drug-likeness (QED) is 0.783. The van der Waals surface area contributed by atoms with Gasteiger partial charge in [-0.2, -0.15) is 4.68 Å². The molecule has 2 rings (SSSR count). The van der Waals surface area contributed by atoms with E-state index in [2.05, 4.69) is 36.3 Å². The van der Waals surface area contributed by atoms with Crippen LogP contribution in [0.3, 0.4) is 0 Å². The Morgan fingerprint density at radius 1 is 1.31 bits per heavy atom. The molecule has 0 radical (unpaired) electrons. The molecule has 0 unspecified atom stereocenters. The second-order valence-electron chi connectivity index (χ2n) is 4.72. The highest BCUT2D eigenvalue weighted by molar-refractivity contribution is 5.37. The van der Waals surface area contributed by atoms with E-state index in [1.165, 1.54) is 4.68 Å². The van der Waals surface area contributed by atoms with Crippen LogP contribution in [-0.2, 0) is 5.41 Å². The topological polar surface area (TPSA) is 63.6 Å². The normalized spacial score (nSPS) is 11.7. The molecule has 2 aromatic rings. The Balaban J connectivity index is 2.53. The fraction of sp³-hybridized carbons (Fsp3) is 0.364. The first-order chi connectivity index (χ1) is 7.48. The van der Waals surface area contributed by atoms with Gasteiger partial charge in [-0.3, -0.25) is 0 Å². The van der Waals surface area contributed by atoms with E-state index in [-0.39, 0.29) is 11.1 Å². The van der Waals surface area contributed by atoms with E-state index in [4.69, 9.17) is 0 Å². The Bertz CT molecular complexity index is 547. The van der Waals surface area contributed by atoms with Crippen LogP contribution in [0.1, 0.15) is 26.3 Å². The molecule has 1 aromatic heterocycles. The lowest BCUT2D eigenvalue weighted by Crippen LogP contribution is -2.17. The molecule has 0 fully saturated rings. The lowest BCUT2D eigenvalue weighted by molar-refractivity contribution is 0.589. The second-order valence-corrected chi connectivity index (χ2v) is 4.72. The number of aromatic amines is 1. The molecule has 1 N–H and O–H groups in total. The van der Waals surface area contributed by atoms with Crippen LogP contribution in [0.25, 0.3) is 5.69 Å². The molecule has 0 saturated heterocycles. The molecule has 0 bridgehead atoms. The average Bonchev–Trinajstić information content (AvgIpc) is 2.63. The summed E-state index contributed by atoms with van der Waals surface area (Å²) in [4.78, 5) is 11.4. The lowest BCUT2D eigenvalue weighted by Gasteiger charge is -2.19. The molecule has 5 heteroatoms. The number of aromatic nitrogens is 4. The van der Waals surface area contributed by atoms with Crippen LogP contribution in [-0.4, -0.2) is 20.2 Å². The van der Waals surface area contributed by atoms with E-state index in [1.54, 1.807) is 0 Å². The molecule has 84 valence electrons. The third-order valence-corrected chi connectivity index (χ3v) is 2.43. The minimum atomic E-state index is -0.328. The fourth-order valence-electron chi connectivity index (χ4n) is 1.47. The Kier molecular flexibility index (Phi) is 2.38. The number of tetrazole rings is 1. The first-order valence-corrected chi connectivity index (χ1v) is 5.10. The first-order valence-electron chi connectivity index (χ1n) is 5.10. The van der Waals surface area contributed by atoms with Crippen molar-refractivity contribution in [1.29, 1.82) is 0 Å². The molecule has 0 aliphatic heterocycles. The predicted octanol–water partition coefficient (Wildman–Crippen LogP) is 1.25. The van der Waals surface area contributed by atoms with Crippen molar-refractivity contribution in [3.8, 4) is 5.69 Å². The summed E-state index contributed by atoms with van der Waals surface area (Å²) in [6.07, 6.45) is 0. The minimum Gasteiger partial charge on any atom is -0.244 e. The van der Waals surface area contributed by atoms with E-state index < -0.39 is 0 Å². The fourth-order valence-corrected chi connectivity index (χ4v) is 1.47. The smallest absolute Gasteiger partial charge is 0.244 e. The van der Waals surface area contributed by atoms with Gasteiger partial charge in [0.05, 0.1) is 5.69 Å². The van der Waals surface area contributed by atoms with Crippen LogP contribution in [0.15, 0.2) is 29.1 Å². The predicted molar refractivity (Wildman–Crippen MR) is 60.7 cm³/mol. The van der Waals surface area contributed by atoms with Crippen molar-refractivity contribution < 1.29 is 0 Å². The molecule has 5 nitrogen and oxygen atoms in total. The Hall–Kier alpha value is -1.91. The zero-order valence-electron chi connectivity index (χ0n) is 9.56. The van der Waals surface area contributed by atoms with Crippen molar-refractivity contribution in [1.82, 2.24) is 20.2 Å². The molecule has 0 saturated carbocycles. The van der Waals surface area contributed by atoms with Gasteiger partial charge in [0.1, 0.15) is 0 Å². The molecule has 0 aliphatic carbocycles. The van der Waals surface area contributed by atoms with Crippen molar-refractivity contribution in [2.45, 2.75) is 26.2 Å². The SMILES string of the molecule is CC(C)(C)c1cccc(-n2nn[nH]c2=O)c1. The highest BCUT2D eigenvalue weighted by Crippen LogP contribution is 2.23. The molecule has 0 aliphatic rings. The van der Waals surface area contributed by atoms with Gasteiger partial charge in [-0.15, -0.1) is 0 Å². The third-order valence-electron chi connectivity index (χ3n) is 2.43. The Morgan fingerprint density at radius 3 is 2.62 bits per heavy atom. The van der Waals surface area contributed by atoms with E-state index in [9.17, 15) is 4.79 Å². The van der Waals surface area contributed by atoms with Gasteiger partial charge in [0.25, 0.3) is 0 Å². The van der Waals surface area contributed by atoms with Gasteiger partial charge < -0.3 is 0 Å². The zero-order chi connectivity index (χ0) is 11.8. The van der Waals surface area contributed by atoms with Crippen molar-refractivity contribution in [3.05, 3.63) is 40.3 Å². The highest BCUT2D eigenvalue weighted by atomic mass is 16.2. The summed E-state index contributed by atoms with van der Waals surface area (Å²) in [5.41, 5.74) is 1.60. The van der Waals surface area contributed by atoms with Crippen LogP contribution in [0.2, 0.25) is 0 Å². The Morgan fingerprint density at radius 2 is 2.06 bits per heavy atom. The summed E-state index contributed by atoms with van der Waals surface area (Å²) < 4.78 is 1.25. The summed E-state index contributed by atoms with van der Waals surface area (Å²) in [5.74, 6) is 0. The Labute approximate surface area is 93.1 Å². The molecule has 0 spiro atoms. The maximum absolute atomic E-state index is 11.4. The molecular formula is C11H14N4O. The van der Waals surface area contributed by atoms with Gasteiger partial charge in [0, 0.05) is 0 Å². The number of hydrogen-bond acceptors (Lipinski definition) is 3. The number of H-pyrrole nitrogens is 1. The van der Waals surface area contributed by atoms with E-state index in [0.717, 1.165) is 11.3 Å². The lowest BCUT2D eigenvalue weighted by atomic mass is 9.87. The summed E-state index contributed by atoms with van der Waals surface area (Å²) in [7, 11) is 0. The number of hydrogen-bond donors (Lipinski definition) is 1. The van der Waals surface area contributed by atoms with E-state index >= 15 is 0 Å². The van der Waals surface area contributed by atoms with Gasteiger partial charge in [-0.1, -0.05) is 32.9 Å². The molecular weight excluding hydrogens is 204 g/mol. The molecule has 1 aromatic carbocycles. The second kappa shape index (κ2) is 3.59. The monoisotopic (exact) mass is 218 g/mol. The van der Waals surface area contributed by atoms with Gasteiger partial charge in [-0.05, 0) is 33.5 Å². The van der Waals surface area contributed by atoms with Gasteiger partial charge >= 0.3 is 5.69 Å². The van der Waals surface area contributed by atoms with E-state index in [0.29, 0.717) is 0 Å². The molecule has 0 atom stereocenters. The van der Waals surface area contributed by atoms with Crippen LogP contribution in [0, 0.1) is 0 Å². The molecule has 16 heavy (non-hydrogen) atoms. The summed E-state index contributed by atoms with van der Waals surface area (Å²) >= 11 is 0. The zero-order valence-corrected chi connectivity index (χ0v) is 9.56. The summed E-state index contributed by atoms with van der Waals surface area (Å²) in [6.45, 7) is 6.37. The van der Waals surface area contributed by atoms with E-state index in [1.807, 2.05) is 24.3 Å². The van der Waals surface area contributed by atoms with Crippen LogP contribution in [0.5, 0.6) is 0 Å². The summed E-state index contributed by atoms with van der Waals surface area (Å²) in [6, 6.07) is 7.73. The van der Waals surface area contributed by atoms with Crippen molar-refractivity contribution in [2.24, 2.45) is 0 Å². The van der Waals surface area contributed by atoms with Crippen LogP contribution in [0.4, 0.5) is 0 Å². The standard InChI is InChI=1S/C11H14N4O/c1-11(2,3)8-5-4-6-9(7-8)15-10(16)12-13-14-15/h4-7H,1-3H3,(H,12,14,16). The number of nitrogens with one attached hydrogen (secondary N) is 1. The van der Waals surface area contributed by atoms with Gasteiger partial charge in [0.2, 0.25) is 0 Å². The van der Waals surface area contributed by atoms with Gasteiger partial charge in [0.15, 0.2) is 0 Å². The van der Waals surface area contributed by atoms with Crippen molar-refractivity contribution in [3.63, 3.8) is 0 Å². The average molecular weight is 218 g/mol. The number of nitrogens with zero attached hydrogens (tertiary/aromatic N) is 3. The third kappa shape index (κ3) is 1.88. The molecule has 0 amide bonds. The first kappa shape index (κ1) is 10.6. The van der Waals surface area contributed by atoms with Crippen molar-refractivity contribution in [2.75, 3.05) is 0 Å². The largest absolute Gasteiger partial charge is 0.365 e. The molecule has 1 heterocycles. The van der Waals surface area contributed by atoms with Gasteiger partial charge in [-0.25, -0.2) is 9.89 Å². The highest BCUT2D eigenvalue weighted by Gasteiger charge is 2.14. The number of benzene rings is 1. The summed E-state index contributed by atoms with van der Waals surface area (Å²) in [5, 5.41) is 9.44. The maximum Gasteiger partial charge on any atom is 0.365 e. The van der Waals surface area contributed by atoms with Crippen molar-refractivity contribution >= 4 is 0 Å². The maximum atomic E-state index is 11.4. The minimum absolute atomic E-state index is 0.0450. The van der Waals surface area contributed by atoms with Crippen LogP contribution >= 0.6 is 0 Å².